The summed E-state index contributed by atoms with van der Waals surface area (Å²) in [6, 6.07) is 11.3. The summed E-state index contributed by atoms with van der Waals surface area (Å²) in [5, 5.41) is 19.7. The predicted molar refractivity (Wildman–Crippen MR) is 104 cm³/mol. The largest absolute Gasteiger partial charge is 0.282 e. The molecule has 149 valence electrons. The third-order valence-corrected chi connectivity index (χ3v) is 4.56. The van der Waals surface area contributed by atoms with Gasteiger partial charge >= 0.3 is 0 Å². The van der Waals surface area contributed by atoms with Crippen LogP contribution in [0.25, 0.3) is 16.9 Å². The van der Waals surface area contributed by atoms with E-state index in [0.717, 1.165) is 0 Å². The molecule has 0 fully saturated rings. The molecule has 0 amide bonds. The number of aromatic nitrogens is 4. The van der Waals surface area contributed by atoms with Gasteiger partial charge in [-0.15, -0.1) is 0 Å². The molecule has 0 N–H and O–H groups in total. The van der Waals surface area contributed by atoms with Crippen molar-refractivity contribution in [2.45, 2.75) is 13.3 Å². The number of nitro benzene ring substituents is 1. The summed E-state index contributed by atoms with van der Waals surface area (Å²) in [6.07, 6.45) is 4.42. The quantitative estimate of drug-likeness (QED) is 0.366. The number of rotatable bonds is 5. The van der Waals surface area contributed by atoms with E-state index in [1.165, 1.54) is 54.6 Å². The van der Waals surface area contributed by atoms with Crippen LogP contribution in [0.3, 0.4) is 0 Å². The van der Waals surface area contributed by atoms with Crippen LogP contribution in [0.4, 0.5) is 14.5 Å². The summed E-state index contributed by atoms with van der Waals surface area (Å²) >= 11 is 0. The third-order valence-electron chi connectivity index (χ3n) is 4.56. The van der Waals surface area contributed by atoms with Crippen LogP contribution < -0.4 is 0 Å². The minimum atomic E-state index is -0.685. The highest BCUT2D eigenvalue weighted by molar-refractivity contribution is 5.74. The summed E-state index contributed by atoms with van der Waals surface area (Å²) in [5.41, 5.74) is 1.54. The lowest BCUT2D eigenvalue weighted by Crippen LogP contribution is -2.03. The van der Waals surface area contributed by atoms with Crippen molar-refractivity contribution in [2.24, 2.45) is 0 Å². The van der Waals surface area contributed by atoms with Crippen molar-refractivity contribution < 1.29 is 13.7 Å². The molecular weight excluding hydrogens is 392 g/mol. The first kappa shape index (κ1) is 19.3. The van der Waals surface area contributed by atoms with Crippen LogP contribution in [0.5, 0.6) is 0 Å². The molecule has 2 aromatic heterocycles. The van der Waals surface area contributed by atoms with E-state index in [2.05, 4.69) is 21.2 Å². The van der Waals surface area contributed by atoms with Gasteiger partial charge in [0.15, 0.2) is 0 Å². The Morgan fingerprint density at radius 3 is 2.43 bits per heavy atom. The van der Waals surface area contributed by atoms with Crippen LogP contribution in [0.15, 0.2) is 55.0 Å². The number of aryl methyl sites for hydroxylation is 1. The van der Waals surface area contributed by atoms with Crippen LogP contribution in [-0.2, 0) is 6.42 Å². The summed E-state index contributed by atoms with van der Waals surface area (Å²) in [4.78, 5) is 16.8. The Labute approximate surface area is 169 Å². The average Bonchev–Trinajstić information content (AvgIpc) is 3.25. The van der Waals surface area contributed by atoms with Gasteiger partial charge in [-0.2, -0.15) is 15.0 Å². The summed E-state index contributed by atoms with van der Waals surface area (Å²) in [5.74, 6) is -1.37. The Hall–Kier alpha value is -4.01. The Morgan fingerprint density at radius 1 is 1.13 bits per heavy atom. The maximum atomic E-state index is 14.1. The number of benzene rings is 2. The van der Waals surface area contributed by atoms with Crippen LogP contribution in [0.2, 0.25) is 0 Å². The van der Waals surface area contributed by atoms with Gasteiger partial charge in [0, 0.05) is 17.5 Å². The first-order valence-electron chi connectivity index (χ1n) is 8.90. The zero-order valence-corrected chi connectivity index (χ0v) is 15.7. The van der Waals surface area contributed by atoms with Crippen molar-refractivity contribution in [1.82, 2.24) is 20.0 Å². The molecule has 0 aliphatic rings. The molecule has 1 radical (unpaired) electrons. The van der Waals surface area contributed by atoms with Gasteiger partial charge in [-0.1, -0.05) is 6.07 Å². The van der Waals surface area contributed by atoms with E-state index in [4.69, 9.17) is 0 Å². The standard InChI is InChI=1S/C21H14F2N5O2/c1-13-9-14(10-16-18(22)3-2-4-19(16)23)11-17(21(13)28(29)30)20-6-5-15(12-24-20)27-25-7-8-26-27/h2-8,11-12H,10H2,1H3. The number of pyridine rings is 1. The number of hydrogen-bond acceptors (Lipinski definition) is 5. The molecular formula is C21H14F2N5O2. The lowest BCUT2D eigenvalue weighted by Gasteiger charge is -2.10. The number of nitrogens with zero attached hydrogens (tertiary/aromatic N) is 5. The SMILES string of the molecule is Cc1[c]c(Cc2c(F)cccc2F)cc(-c2ccc(-n3nccn3)cn2)c1[N+](=O)[O-]. The molecule has 0 saturated heterocycles. The van der Waals surface area contributed by atoms with E-state index in [1.807, 2.05) is 0 Å². The summed E-state index contributed by atoms with van der Waals surface area (Å²) < 4.78 is 28.1. The molecule has 0 spiro atoms. The molecule has 30 heavy (non-hydrogen) atoms. The second-order valence-electron chi connectivity index (χ2n) is 6.54. The lowest BCUT2D eigenvalue weighted by molar-refractivity contribution is -0.384. The zero-order valence-electron chi connectivity index (χ0n) is 15.7. The van der Waals surface area contributed by atoms with E-state index >= 15 is 0 Å². The minimum Gasteiger partial charge on any atom is -0.258 e. The van der Waals surface area contributed by atoms with Gasteiger partial charge in [-0.25, -0.2) is 8.78 Å². The fourth-order valence-corrected chi connectivity index (χ4v) is 3.21. The molecule has 0 atom stereocenters. The first-order chi connectivity index (χ1) is 14.4. The molecule has 2 aromatic carbocycles. The van der Waals surface area contributed by atoms with E-state index in [0.29, 0.717) is 16.9 Å². The van der Waals surface area contributed by atoms with Crippen molar-refractivity contribution in [1.29, 1.82) is 0 Å². The van der Waals surface area contributed by atoms with Crippen LogP contribution in [0, 0.1) is 34.7 Å². The molecule has 0 unspecified atom stereocenters. The molecule has 9 heteroatoms. The smallest absolute Gasteiger partial charge is 0.258 e. The van der Waals surface area contributed by atoms with E-state index in [1.54, 1.807) is 12.1 Å². The molecule has 0 aliphatic heterocycles. The van der Waals surface area contributed by atoms with Crippen molar-refractivity contribution in [3.8, 4) is 16.9 Å². The minimum absolute atomic E-state index is 0.0976. The Morgan fingerprint density at radius 2 is 1.83 bits per heavy atom. The number of hydrogen-bond donors (Lipinski definition) is 0. The van der Waals surface area contributed by atoms with E-state index in [-0.39, 0.29) is 28.8 Å². The normalized spacial score (nSPS) is 10.9. The Bertz CT molecular complexity index is 1200. The predicted octanol–water partition coefficient (Wildman–Crippen LogP) is 4.22. The van der Waals surface area contributed by atoms with Crippen molar-refractivity contribution in [3.63, 3.8) is 0 Å². The number of nitro groups is 1. The maximum absolute atomic E-state index is 14.1. The highest BCUT2D eigenvalue weighted by atomic mass is 19.1. The molecule has 2 heterocycles. The van der Waals surface area contributed by atoms with E-state index in [9.17, 15) is 18.9 Å². The molecule has 4 aromatic rings. The third kappa shape index (κ3) is 3.64. The van der Waals surface area contributed by atoms with Gasteiger partial charge in [0.1, 0.15) is 17.3 Å². The van der Waals surface area contributed by atoms with Gasteiger partial charge < -0.3 is 0 Å². The molecule has 0 saturated carbocycles. The number of halogens is 2. The lowest BCUT2D eigenvalue weighted by atomic mass is 9.96. The fraction of sp³-hybridized carbons (Fsp3) is 0.0952. The average molecular weight is 406 g/mol. The monoisotopic (exact) mass is 406 g/mol. The Balaban J connectivity index is 1.79. The van der Waals surface area contributed by atoms with Crippen LogP contribution in [0.1, 0.15) is 16.7 Å². The molecule has 7 nitrogen and oxygen atoms in total. The topological polar surface area (TPSA) is 86.7 Å². The highest BCUT2D eigenvalue weighted by Gasteiger charge is 2.22. The Kier molecular flexibility index (Phi) is 5.01. The van der Waals surface area contributed by atoms with Gasteiger partial charge in [-0.3, -0.25) is 15.1 Å². The molecule has 0 bridgehead atoms. The second kappa shape index (κ2) is 7.78. The molecule has 4 rings (SSSR count). The summed E-state index contributed by atoms with van der Waals surface area (Å²) in [7, 11) is 0. The summed E-state index contributed by atoms with van der Waals surface area (Å²) in [6.45, 7) is 1.53. The van der Waals surface area contributed by atoms with Crippen molar-refractivity contribution >= 4 is 5.69 Å². The van der Waals surface area contributed by atoms with Crippen molar-refractivity contribution in [2.75, 3.05) is 0 Å². The van der Waals surface area contributed by atoms with Crippen LogP contribution in [-0.4, -0.2) is 24.9 Å². The van der Waals surface area contributed by atoms with Gasteiger partial charge in [0.25, 0.3) is 5.69 Å². The van der Waals surface area contributed by atoms with Gasteiger partial charge in [-0.05, 0) is 48.9 Å². The van der Waals surface area contributed by atoms with Gasteiger partial charge in [0.05, 0.1) is 34.8 Å². The second-order valence-corrected chi connectivity index (χ2v) is 6.54. The van der Waals surface area contributed by atoms with Crippen molar-refractivity contribution in [3.05, 3.63) is 99.5 Å². The van der Waals surface area contributed by atoms with Gasteiger partial charge in [0.2, 0.25) is 0 Å². The molecule has 0 aliphatic carbocycles. The highest BCUT2D eigenvalue weighted by Crippen LogP contribution is 2.34. The first-order valence-corrected chi connectivity index (χ1v) is 8.90. The van der Waals surface area contributed by atoms with Crippen LogP contribution >= 0.6 is 0 Å². The maximum Gasteiger partial charge on any atom is 0.282 e. The fourth-order valence-electron chi connectivity index (χ4n) is 3.21. The van der Waals surface area contributed by atoms with E-state index < -0.39 is 16.6 Å². The zero-order chi connectivity index (χ0) is 21.3.